The Bertz CT molecular complexity index is 915. The molecule has 6 nitrogen and oxygen atoms in total. The van der Waals surface area contributed by atoms with E-state index in [0.717, 1.165) is 27.7 Å². The molecule has 0 fully saturated rings. The van der Waals surface area contributed by atoms with Gasteiger partial charge in [0, 0.05) is 28.2 Å². The number of nitrogens with zero attached hydrogens (tertiary/aromatic N) is 2. The molecule has 6 heteroatoms. The molecule has 1 unspecified atom stereocenters. The zero-order chi connectivity index (χ0) is 17.4. The molecule has 124 valence electrons. The topological polar surface area (TPSA) is 82.4 Å². The van der Waals surface area contributed by atoms with Crippen molar-refractivity contribution in [3.8, 4) is 5.75 Å². The van der Waals surface area contributed by atoms with E-state index in [1.165, 1.54) is 12.1 Å². The van der Waals surface area contributed by atoms with Crippen LogP contribution >= 0.6 is 0 Å². The van der Waals surface area contributed by atoms with E-state index in [9.17, 15) is 15.2 Å². The molecule has 0 saturated carbocycles. The summed E-state index contributed by atoms with van der Waals surface area (Å²) in [5.41, 5.74) is 3.61. The quantitative estimate of drug-likeness (QED) is 0.565. The van der Waals surface area contributed by atoms with Crippen molar-refractivity contribution in [2.75, 3.05) is 14.1 Å². The standard InChI is InChI=1S/C18H19N3O3/c1-11-17(13-6-4-5-7-14(13)19-11)18(20(2)3)12-8-9-16(22)15(10-12)21(23)24/h4-10,18-19,22H,1-3H3. The molecule has 0 saturated heterocycles. The van der Waals surface area contributed by atoms with E-state index in [4.69, 9.17) is 0 Å². The number of nitro groups is 1. The van der Waals surface area contributed by atoms with Gasteiger partial charge in [-0.1, -0.05) is 24.3 Å². The lowest BCUT2D eigenvalue weighted by Crippen LogP contribution is -2.21. The van der Waals surface area contributed by atoms with Gasteiger partial charge in [-0.05, 0) is 38.7 Å². The molecule has 0 aliphatic carbocycles. The fourth-order valence-corrected chi connectivity index (χ4v) is 3.23. The third kappa shape index (κ3) is 2.61. The SMILES string of the molecule is Cc1[nH]c2ccccc2c1C(c1ccc(O)c([N+](=O)[O-])c1)N(C)C. The predicted octanol–water partition coefficient (Wildman–Crippen LogP) is 3.74. The smallest absolute Gasteiger partial charge is 0.311 e. The van der Waals surface area contributed by atoms with Gasteiger partial charge in [-0.15, -0.1) is 0 Å². The number of benzene rings is 2. The number of phenolic OH excluding ortho intramolecular Hbond substituents is 1. The highest BCUT2D eigenvalue weighted by Gasteiger charge is 2.25. The first-order valence-corrected chi connectivity index (χ1v) is 7.61. The number of phenols is 1. The number of hydrogen-bond donors (Lipinski definition) is 2. The predicted molar refractivity (Wildman–Crippen MR) is 93.3 cm³/mol. The Kier molecular flexibility index (Phi) is 3.99. The molecule has 3 aromatic rings. The van der Waals surface area contributed by atoms with Gasteiger partial charge in [0.1, 0.15) is 0 Å². The van der Waals surface area contributed by atoms with Crippen LogP contribution in [0.5, 0.6) is 5.75 Å². The lowest BCUT2D eigenvalue weighted by molar-refractivity contribution is -0.385. The number of hydrogen-bond acceptors (Lipinski definition) is 4. The van der Waals surface area contributed by atoms with E-state index in [2.05, 4.69) is 4.98 Å². The highest BCUT2D eigenvalue weighted by atomic mass is 16.6. The van der Waals surface area contributed by atoms with Crippen molar-refractivity contribution in [1.29, 1.82) is 0 Å². The Labute approximate surface area is 139 Å². The Morgan fingerprint density at radius 3 is 2.58 bits per heavy atom. The summed E-state index contributed by atoms with van der Waals surface area (Å²) in [6.45, 7) is 2.00. The molecule has 0 bridgehead atoms. The van der Waals surface area contributed by atoms with Crippen molar-refractivity contribution in [3.63, 3.8) is 0 Å². The molecule has 1 heterocycles. The molecule has 24 heavy (non-hydrogen) atoms. The van der Waals surface area contributed by atoms with Crippen molar-refractivity contribution >= 4 is 16.6 Å². The van der Waals surface area contributed by atoms with Crippen LogP contribution in [0.3, 0.4) is 0 Å². The summed E-state index contributed by atoms with van der Waals surface area (Å²) in [4.78, 5) is 16.0. The van der Waals surface area contributed by atoms with Gasteiger partial charge in [-0.25, -0.2) is 0 Å². The highest BCUT2D eigenvalue weighted by Crippen LogP contribution is 2.37. The third-order valence-electron chi connectivity index (χ3n) is 4.25. The van der Waals surface area contributed by atoms with Gasteiger partial charge in [-0.2, -0.15) is 0 Å². The molecule has 0 aliphatic heterocycles. The number of aromatic hydroxyl groups is 1. The van der Waals surface area contributed by atoms with Crippen LogP contribution in [-0.4, -0.2) is 34.0 Å². The van der Waals surface area contributed by atoms with Crippen LogP contribution in [-0.2, 0) is 0 Å². The fraction of sp³-hybridized carbons (Fsp3) is 0.222. The summed E-state index contributed by atoms with van der Waals surface area (Å²) in [6.07, 6.45) is 0. The zero-order valence-electron chi connectivity index (χ0n) is 13.8. The van der Waals surface area contributed by atoms with Gasteiger partial charge >= 0.3 is 5.69 Å². The second-order valence-electron chi connectivity index (χ2n) is 6.08. The molecule has 0 radical (unpaired) electrons. The highest BCUT2D eigenvalue weighted by molar-refractivity contribution is 5.85. The fourth-order valence-electron chi connectivity index (χ4n) is 3.23. The van der Waals surface area contributed by atoms with Gasteiger partial charge in [0.25, 0.3) is 0 Å². The molecule has 0 spiro atoms. The maximum atomic E-state index is 11.2. The third-order valence-corrected chi connectivity index (χ3v) is 4.25. The van der Waals surface area contributed by atoms with Gasteiger partial charge in [0.05, 0.1) is 11.0 Å². The average Bonchev–Trinajstić information content (AvgIpc) is 2.85. The molecular weight excluding hydrogens is 306 g/mol. The minimum atomic E-state index is -0.562. The van der Waals surface area contributed by atoms with Crippen molar-refractivity contribution in [2.24, 2.45) is 0 Å². The summed E-state index contributed by atoms with van der Waals surface area (Å²) >= 11 is 0. The first-order valence-electron chi connectivity index (χ1n) is 7.61. The van der Waals surface area contributed by atoms with Crippen LogP contribution in [0.25, 0.3) is 10.9 Å². The second kappa shape index (κ2) is 5.98. The van der Waals surface area contributed by atoms with Crippen molar-refractivity contribution < 1.29 is 10.0 Å². The zero-order valence-corrected chi connectivity index (χ0v) is 13.8. The van der Waals surface area contributed by atoms with Crippen LogP contribution in [0.1, 0.15) is 22.9 Å². The average molecular weight is 325 g/mol. The molecule has 1 aromatic heterocycles. The second-order valence-corrected chi connectivity index (χ2v) is 6.08. The Balaban J connectivity index is 2.23. The van der Waals surface area contributed by atoms with E-state index < -0.39 is 4.92 Å². The summed E-state index contributed by atoms with van der Waals surface area (Å²) in [6, 6.07) is 12.4. The minimum Gasteiger partial charge on any atom is -0.502 e. The van der Waals surface area contributed by atoms with E-state index in [1.807, 2.05) is 50.2 Å². The molecule has 0 amide bonds. The lowest BCUT2D eigenvalue weighted by atomic mass is 9.94. The van der Waals surface area contributed by atoms with Gasteiger partial charge in [0.2, 0.25) is 0 Å². The summed E-state index contributed by atoms with van der Waals surface area (Å²) in [7, 11) is 3.87. The van der Waals surface area contributed by atoms with Crippen LogP contribution in [0.2, 0.25) is 0 Å². The number of aryl methyl sites for hydroxylation is 1. The number of nitro benzene ring substituents is 1. The molecule has 2 aromatic carbocycles. The number of para-hydroxylation sites is 1. The summed E-state index contributed by atoms with van der Waals surface area (Å²) in [5.74, 6) is -0.322. The van der Waals surface area contributed by atoms with Crippen LogP contribution in [0.4, 0.5) is 5.69 Å². The number of fused-ring (bicyclic) bond motifs is 1. The minimum absolute atomic E-state index is 0.166. The number of aromatic nitrogens is 1. The Hall–Kier alpha value is -2.86. The summed E-state index contributed by atoms with van der Waals surface area (Å²) < 4.78 is 0. The number of rotatable bonds is 4. The number of aromatic amines is 1. The number of H-pyrrole nitrogens is 1. The van der Waals surface area contributed by atoms with Gasteiger partial charge in [0.15, 0.2) is 5.75 Å². The Morgan fingerprint density at radius 1 is 1.21 bits per heavy atom. The molecule has 0 aliphatic rings. The van der Waals surface area contributed by atoms with Crippen LogP contribution in [0, 0.1) is 17.0 Å². The first kappa shape index (κ1) is 16.0. The van der Waals surface area contributed by atoms with E-state index >= 15 is 0 Å². The Morgan fingerprint density at radius 2 is 1.92 bits per heavy atom. The van der Waals surface area contributed by atoms with Crippen molar-refractivity contribution in [1.82, 2.24) is 9.88 Å². The van der Waals surface area contributed by atoms with Gasteiger partial charge in [-0.3, -0.25) is 15.0 Å². The van der Waals surface area contributed by atoms with E-state index in [0.29, 0.717) is 0 Å². The number of nitrogens with one attached hydrogen (secondary N) is 1. The normalized spacial score (nSPS) is 12.7. The van der Waals surface area contributed by atoms with E-state index in [-0.39, 0.29) is 17.5 Å². The molecule has 3 rings (SSSR count). The first-order chi connectivity index (χ1) is 11.4. The molecular formula is C18H19N3O3. The van der Waals surface area contributed by atoms with Crippen molar-refractivity contribution in [2.45, 2.75) is 13.0 Å². The van der Waals surface area contributed by atoms with Gasteiger partial charge < -0.3 is 10.1 Å². The summed E-state index contributed by atoms with van der Waals surface area (Å²) in [5, 5.41) is 22.0. The largest absolute Gasteiger partial charge is 0.502 e. The molecule has 2 N–H and O–H groups in total. The lowest BCUT2D eigenvalue weighted by Gasteiger charge is -2.25. The van der Waals surface area contributed by atoms with Crippen LogP contribution < -0.4 is 0 Å². The van der Waals surface area contributed by atoms with E-state index in [1.54, 1.807) is 6.07 Å². The van der Waals surface area contributed by atoms with Crippen LogP contribution in [0.15, 0.2) is 42.5 Å². The maximum Gasteiger partial charge on any atom is 0.311 e. The monoisotopic (exact) mass is 325 g/mol. The molecule has 1 atom stereocenters. The maximum absolute atomic E-state index is 11.2. The van der Waals surface area contributed by atoms with Crippen molar-refractivity contribution in [3.05, 3.63) is 69.4 Å².